The highest BCUT2D eigenvalue weighted by molar-refractivity contribution is 6.07. The minimum Gasteiger partial charge on any atom is -0.493 e. The molecule has 4 N–H and O–H groups in total. The number of anilines is 2. The molecule has 4 rings (SSSR count). The molecular weight excluding hydrogens is 468 g/mol. The van der Waals surface area contributed by atoms with Crippen LogP contribution in [0.15, 0.2) is 60.0 Å². The Hall–Kier alpha value is -4.40. The van der Waals surface area contributed by atoms with Crippen LogP contribution in [0.5, 0.6) is 11.5 Å². The van der Waals surface area contributed by atoms with Crippen LogP contribution in [0.25, 0.3) is 0 Å². The number of carbonyl (C=O) groups excluding carboxylic acids is 1. The molecule has 1 atom stereocenters. The molecule has 0 aliphatic carbocycles. The topological polar surface area (TPSA) is 129 Å². The minimum absolute atomic E-state index is 0.0569. The van der Waals surface area contributed by atoms with Gasteiger partial charge in [0.05, 0.1) is 32.0 Å². The monoisotopic (exact) mass is 500 g/mol. The lowest BCUT2D eigenvalue weighted by Gasteiger charge is -2.31. The lowest BCUT2D eigenvalue weighted by atomic mass is 9.95. The zero-order valence-electron chi connectivity index (χ0n) is 21.3. The van der Waals surface area contributed by atoms with Crippen molar-refractivity contribution < 1.29 is 14.3 Å². The van der Waals surface area contributed by atoms with Gasteiger partial charge in [0.25, 0.3) is 0 Å². The average Bonchev–Trinajstić information content (AvgIpc) is 2.91. The Bertz CT molecular complexity index is 1340. The highest BCUT2D eigenvalue weighted by Gasteiger charge is 2.24. The molecule has 0 saturated carbocycles. The average molecular weight is 501 g/mol. The summed E-state index contributed by atoms with van der Waals surface area (Å²) in [7, 11) is 3.04. The summed E-state index contributed by atoms with van der Waals surface area (Å²) < 4.78 is 11.1. The van der Waals surface area contributed by atoms with Crippen molar-refractivity contribution in [2.45, 2.75) is 38.6 Å². The van der Waals surface area contributed by atoms with Gasteiger partial charge in [-0.25, -0.2) is 4.98 Å². The Morgan fingerprint density at radius 2 is 1.97 bits per heavy atom. The highest BCUT2D eigenvalue weighted by Crippen LogP contribution is 2.35. The number of hydrazone groups is 1. The molecule has 192 valence electrons. The van der Waals surface area contributed by atoms with Crippen LogP contribution in [0, 0.1) is 0 Å². The summed E-state index contributed by atoms with van der Waals surface area (Å²) in [6.45, 7) is 2.17. The molecule has 37 heavy (non-hydrogen) atoms. The molecule has 1 aromatic heterocycles. The summed E-state index contributed by atoms with van der Waals surface area (Å²) in [5.41, 5.74) is 15.8. The minimum atomic E-state index is -0.234. The Morgan fingerprint density at radius 3 is 2.70 bits per heavy atom. The second kappa shape index (κ2) is 11.6. The first-order valence-electron chi connectivity index (χ1n) is 12.2. The summed E-state index contributed by atoms with van der Waals surface area (Å²) >= 11 is 0. The number of nitrogen functional groups attached to an aromatic ring is 2. The molecule has 0 radical (unpaired) electrons. The third-order valence-electron chi connectivity index (χ3n) is 6.33. The number of unbranched alkanes of at least 4 members (excludes halogenated alkanes) is 1. The first-order valence-corrected chi connectivity index (χ1v) is 12.2. The lowest BCUT2D eigenvalue weighted by molar-refractivity contribution is 0.104. The van der Waals surface area contributed by atoms with Gasteiger partial charge in [-0.2, -0.15) is 10.1 Å². The van der Waals surface area contributed by atoms with E-state index in [4.69, 9.17) is 20.9 Å². The number of ether oxygens (including phenoxy) is 2. The van der Waals surface area contributed by atoms with Crippen LogP contribution in [0.2, 0.25) is 0 Å². The van der Waals surface area contributed by atoms with E-state index in [0.29, 0.717) is 29.0 Å². The number of carbonyl (C=O) groups is 1. The van der Waals surface area contributed by atoms with Gasteiger partial charge in [0.2, 0.25) is 5.95 Å². The Labute approximate surface area is 216 Å². The van der Waals surface area contributed by atoms with Crippen LogP contribution in [0.3, 0.4) is 0 Å². The number of hydrogen-bond acceptors (Lipinski definition) is 9. The largest absolute Gasteiger partial charge is 0.493 e. The molecule has 1 aliphatic heterocycles. The Kier molecular flexibility index (Phi) is 8.02. The van der Waals surface area contributed by atoms with Crippen LogP contribution < -0.4 is 20.9 Å². The van der Waals surface area contributed by atoms with E-state index in [2.05, 4.69) is 34.1 Å². The first-order chi connectivity index (χ1) is 17.9. The zero-order valence-corrected chi connectivity index (χ0v) is 21.3. The zero-order chi connectivity index (χ0) is 26.4. The summed E-state index contributed by atoms with van der Waals surface area (Å²) in [4.78, 5) is 21.5. The predicted octanol–water partition coefficient (Wildman–Crippen LogP) is 4.53. The smallest absolute Gasteiger partial charge is 0.221 e. The van der Waals surface area contributed by atoms with Crippen molar-refractivity contribution in [1.82, 2.24) is 15.0 Å². The molecule has 0 saturated heterocycles. The standard InChI is InChI=1S/C28H32N6O3/c1-4-5-10-23-21-9-7-6-8-19(21)17-32-34(23)12-11-24(35)22-14-18(15-25(36-2)26(22)37-3)13-20-16-31-28(30)33-27(20)29/h6-9,11-12,14-17,23H,4-5,10,13H2,1-3H3,(H4,29,30,31,33). The molecule has 0 spiro atoms. The fourth-order valence-electron chi connectivity index (χ4n) is 4.44. The van der Waals surface area contributed by atoms with E-state index in [0.717, 1.165) is 30.4 Å². The number of nitrogens with zero attached hydrogens (tertiary/aromatic N) is 4. The molecule has 3 aromatic rings. The van der Waals surface area contributed by atoms with E-state index in [9.17, 15) is 4.79 Å². The number of aromatic nitrogens is 2. The van der Waals surface area contributed by atoms with E-state index in [1.807, 2.05) is 29.4 Å². The van der Waals surface area contributed by atoms with Crippen LogP contribution in [0.4, 0.5) is 11.8 Å². The second-order valence-corrected chi connectivity index (χ2v) is 8.79. The molecule has 9 heteroatoms. The molecule has 2 heterocycles. The van der Waals surface area contributed by atoms with Crippen LogP contribution in [-0.2, 0) is 6.42 Å². The number of hydrogen-bond donors (Lipinski definition) is 2. The van der Waals surface area contributed by atoms with Crippen molar-refractivity contribution in [3.8, 4) is 11.5 Å². The van der Waals surface area contributed by atoms with Crippen molar-refractivity contribution in [2.24, 2.45) is 5.10 Å². The summed E-state index contributed by atoms with van der Waals surface area (Å²) in [5, 5.41) is 6.47. The van der Waals surface area contributed by atoms with Gasteiger partial charge >= 0.3 is 0 Å². The summed E-state index contributed by atoms with van der Waals surface area (Å²) in [5.74, 6) is 0.961. The molecule has 1 unspecified atom stereocenters. The third-order valence-corrected chi connectivity index (χ3v) is 6.33. The molecule has 0 bridgehead atoms. The number of ketones is 1. The third kappa shape index (κ3) is 5.72. The van der Waals surface area contributed by atoms with E-state index in [1.54, 1.807) is 18.5 Å². The number of rotatable bonds is 10. The second-order valence-electron chi connectivity index (χ2n) is 8.79. The van der Waals surface area contributed by atoms with Gasteiger partial charge in [0, 0.05) is 30.5 Å². The fourth-order valence-corrected chi connectivity index (χ4v) is 4.44. The SMILES string of the molecule is CCCCC1c2ccccc2C=NN1C=CC(=O)c1cc(Cc2cnc(N)nc2N)cc(OC)c1OC. The maximum Gasteiger partial charge on any atom is 0.221 e. The van der Waals surface area contributed by atoms with E-state index >= 15 is 0 Å². The van der Waals surface area contributed by atoms with Gasteiger partial charge in [-0.1, -0.05) is 44.0 Å². The Morgan fingerprint density at radius 1 is 1.16 bits per heavy atom. The van der Waals surface area contributed by atoms with Gasteiger partial charge in [-0.05, 0) is 35.2 Å². The van der Waals surface area contributed by atoms with E-state index in [-0.39, 0.29) is 23.6 Å². The van der Waals surface area contributed by atoms with Gasteiger partial charge in [-0.15, -0.1) is 0 Å². The number of methoxy groups -OCH3 is 2. The fraction of sp³-hybridized carbons (Fsp3) is 0.286. The molecular formula is C28H32N6O3. The maximum absolute atomic E-state index is 13.5. The van der Waals surface area contributed by atoms with Crippen molar-refractivity contribution in [3.63, 3.8) is 0 Å². The van der Waals surface area contributed by atoms with Gasteiger partial charge in [0.1, 0.15) is 5.82 Å². The van der Waals surface area contributed by atoms with Crippen LogP contribution in [-0.4, -0.2) is 41.2 Å². The molecule has 1 aliphatic rings. The van der Waals surface area contributed by atoms with E-state index < -0.39 is 0 Å². The number of fused-ring (bicyclic) bond motifs is 1. The van der Waals surface area contributed by atoms with Gasteiger partial charge in [-0.3, -0.25) is 9.80 Å². The van der Waals surface area contributed by atoms with Gasteiger partial charge in [0.15, 0.2) is 17.3 Å². The number of benzene rings is 2. The van der Waals surface area contributed by atoms with Crippen LogP contribution in [0.1, 0.15) is 64.8 Å². The molecule has 0 amide bonds. The summed E-state index contributed by atoms with van der Waals surface area (Å²) in [6.07, 6.45) is 10.1. The normalized spacial score (nSPS) is 14.6. The van der Waals surface area contributed by atoms with Crippen molar-refractivity contribution >= 4 is 23.8 Å². The van der Waals surface area contributed by atoms with Gasteiger partial charge < -0.3 is 20.9 Å². The quantitative estimate of drug-likeness (QED) is 0.307. The lowest BCUT2D eigenvalue weighted by Crippen LogP contribution is -2.24. The highest BCUT2D eigenvalue weighted by atomic mass is 16.5. The van der Waals surface area contributed by atoms with Crippen molar-refractivity contribution in [1.29, 1.82) is 0 Å². The van der Waals surface area contributed by atoms with E-state index in [1.165, 1.54) is 25.9 Å². The molecule has 2 aromatic carbocycles. The first kappa shape index (κ1) is 25.7. The van der Waals surface area contributed by atoms with Crippen LogP contribution >= 0.6 is 0 Å². The number of allylic oxidation sites excluding steroid dienone is 1. The Balaban J connectivity index is 1.64. The molecule has 9 nitrogen and oxygen atoms in total. The number of nitrogens with two attached hydrogens (primary N) is 2. The van der Waals surface area contributed by atoms with Crippen molar-refractivity contribution in [3.05, 3.63) is 82.7 Å². The predicted molar refractivity (Wildman–Crippen MR) is 145 cm³/mol. The summed E-state index contributed by atoms with van der Waals surface area (Å²) in [6, 6.07) is 11.9. The van der Waals surface area contributed by atoms with Crippen molar-refractivity contribution in [2.75, 3.05) is 25.7 Å². The maximum atomic E-state index is 13.5. The molecule has 0 fully saturated rings.